The zero-order valence-corrected chi connectivity index (χ0v) is 12.9. The second-order valence-corrected chi connectivity index (χ2v) is 6.83. The molecule has 2 unspecified atom stereocenters. The Hall–Kier alpha value is -1.55. The van der Waals surface area contributed by atoms with E-state index in [4.69, 9.17) is 4.98 Å². The summed E-state index contributed by atoms with van der Waals surface area (Å²) in [6.45, 7) is 6.47. The Morgan fingerprint density at radius 2 is 2.24 bits per heavy atom. The highest BCUT2D eigenvalue weighted by molar-refractivity contribution is 5.57. The Kier molecular flexibility index (Phi) is 3.14. The molecule has 0 spiro atoms. The highest BCUT2D eigenvalue weighted by Gasteiger charge is 2.39. The average molecular weight is 284 g/mol. The lowest BCUT2D eigenvalue weighted by atomic mass is 10.1. The fraction of sp³-hybridized carbons (Fsp3) is 0.588. The van der Waals surface area contributed by atoms with Crippen molar-refractivity contribution < 1.29 is 0 Å². The van der Waals surface area contributed by atoms with Gasteiger partial charge >= 0.3 is 0 Å². The molecule has 1 aliphatic heterocycles. The van der Waals surface area contributed by atoms with Gasteiger partial charge in [-0.25, -0.2) is 4.98 Å². The number of rotatable bonds is 4. The van der Waals surface area contributed by atoms with Gasteiger partial charge in [0, 0.05) is 31.4 Å². The maximum absolute atomic E-state index is 4.94. The van der Waals surface area contributed by atoms with Crippen molar-refractivity contribution in [3.05, 3.63) is 30.1 Å². The molecule has 0 radical (unpaired) electrons. The summed E-state index contributed by atoms with van der Waals surface area (Å²) in [5, 5.41) is 3.56. The first-order valence-corrected chi connectivity index (χ1v) is 8.18. The summed E-state index contributed by atoms with van der Waals surface area (Å²) in [4.78, 5) is 7.51. The lowest BCUT2D eigenvalue weighted by Crippen LogP contribution is -2.34. The number of hydrogen-bond acceptors (Lipinski definition) is 3. The molecule has 4 heteroatoms. The molecule has 4 rings (SSSR count). The van der Waals surface area contributed by atoms with Crippen LogP contribution in [0.5, 0.6) is 0 Å². The number of fused-ring (bicyclic) bond motifs is 3. The number of anilines is 1. The van der Waals surface area contributed by atoms with Crippen molar-refractivity contribution in [1.82, 2.24) is 14.7 Å². The SMILES string of the molecule is CC(C)NCc1c(N2CC3CCC2C3)nc2ccccn12. The van der Waals surface area contributed by atoms with E-state index in [0.717, 1.165) is 24.2 Å². The predicted octanol–water partition coefficient (Wildman–Crippen LogP) is 2.82. The van der Waals surface area contributed by atoms with E-state index in [2.05, 4.69) is 52.9 Å². The van der Waals surface area contributed by atoms with Gasteiger partial charge in [-0.05, 0) is 37.3 Å². The molecule has 1 saturated carbocycles. The second-order valence-electron chi connectivity index (χ2n) is 6.83. The van der Waals surface area contributed by atoms with Gasteiger partial charge in [-0.1, -0.05) is 19.9 Å². The first kappa shape index (κ1) is 13.1. The van der Waals surface area contributed by atoms with Crippen LogP contribution >= 0.6 is 0 Å². The molecule has 2 fully saturated rings. The molecule has 112 valence electrons. The number of hydrogen-bond donors (Lipinski definition) is 1. The zero-order valence-electron chi connectivity index (χ0n) is 12.9. The highest BCUT2D eigenvalue weighted by atomic mass is 15.3. The van der Waals surface area contributed by atoms with Crippen LogP contribution in [-0.2, 0) is 6.54 Å². The number of aromatic nitrogens is 2. The fourth-order valence-corrected chi connectivity index (χ4v) is 3.91. The van der Waals surface area contributed by atoms with Crippen molar-refractivity contribution in [2.75, 3.05) is 11.4 Å². The number of nitrogens with one attached hydrogen (secondary N) is 1. The average Bonchev–Trinajstić information content (AvgIpc) is 3.18. The van der Waals surface area contributed by atoms with Crippen LogP contribution in [0.15, 0.2) is 24.4 Å². The lowest BCUT2D eigenvalue weighted by Gasteiger charge is -2.28. The Morgan fingerprint density at radius 1 is 1.33 bits per heavy atom. The quantitative estimate of drug-likeness (QED) is 0.937. The van der Waals surface area contributed by atoms with Gasteiger partial charge in [0.05, 0.1) is 5.69 Å². The topological polar surface area (TPSA) is 32.6 Å². The molecule has 4 nitrogen and oxygen atoms in total. The number of piperidine rings is 1. The molecule has 2 aliphatic rings. The summed E-state index contributed by atoms with van der Waals surface area (Å²) in [7, 11) is 0. The summed E-state index contributed by atoms with van der Waals surface area (Å²) in [6, 6.07) is 7.48. The van der Waals surface area contributed by atoms with Crippen LogP contribution in [0.4, 0.5) is 5.82 Å². The van der Waals surface area contributed by atoms with E-state index in [1.807, 2.05) is 0 Å². The largest absolute Gasteiger partial charge is 0.352 e. The standard InChI is InChI=1S/C17H24N4/c1-12(2)18-10-15-17(19-16-5-3-4-8-20(15)16)21-11-13-6-7-14(21)9-13/h3-5,8,12-14,18H,6-7,9-11H2,1-2H3. The van der Waals surface area contributed by atoms with Gasteiger partial charge < -0.3 is 14.6 Å². The van der Waals surface area contributed by atoms with Gasteiger partial charge in [0.2, 0.25) is 0 Å². The first-order chi connectivity index (χ1) is 10.2. The third kappa shape index (κ3) is 2.22. The fourth-order valence-electron chi connectivity index (χ4n) is 3.91. The van der Waals surface area contributed by atoms with Crippen LogP contribution in [0.1, 0.15) is 38.8 Å². The van der Waals surface area contributed by atoms with Crippen LogP contribution in [0.2, 0.25) is 0 Å². The molecular formula is C17H24N4. The molecular weight excluding hydrogens is 260 g/mol. The van der Waals surface area contributed by atoms with Crippen molar-refractivity contribution in [3.8, 4) is 0 Å². The maximum atomic E-state index is 4.94. The number of imidazole rings is 1. The minimum atomic E-state index is 0.488. The van der Waals surface area contributed by atoms with Crippen molar-refractivity contribution in [2.24, 2.45) is 5.92 Å². The van der Waals surface area contributed by atoms with E-state index >= 15 is 0 Å². The minimum absolute atomic E-state index is 0.488. The van der Waals surface area contributed by atoms with Gasteiger partial charge in [-0.3, -0.25) is 0 Å². The van der Waals surface area contributed by atoms with E-state index in [1.54, 1.807) is 0 Å². The molecule has 3 heterocycles. The highest BCUT2D eigenvalue weighted by Crippen LogP contribution is 2.41. The zero-order chi connectivity index (χ0) is 14.4. The van der Waals surface area contributed by atoms with E-state index < -0.39 is 0 Å². The summed E-state index contributed by atoms with van der Waals surface area (Å²) < 4.78 is 2.25. The van der Waals surface area contributed by atoms with Gasteiger partial charge in [-0.15, -0.1) is 0 Å². The van der Waals surface area contributed by atoms with E-state index in [9.17, 15) is 0 Å². The summed E-state index contributed by atoms with van der Waals surface area (Å²) in [6.07, 6.45) is 6.26. The second kappa shape index (κ2) is 5.02. The molecule has 2 aromatic heterocycles. The third-order valence-corrected chi connectivity index (χ3v) is 4.97. The van der Waals surface area contributed by atoms with Crippen molar-refractivity contribution in [3.63, 3.8) is 0 Å². The van der Waals surface area contributed by atoms with Crippen LogP contribution < -0.4 is 10.2 Å². The number of pyridine rings is 1. The molecule has 1 N–H and O–H groups in total. The minimum Gasteiger partial charge on any atom is -0.352 e. The van der Waals surface area contributed by atoms with Crippen molar-refractivity contribution in [1.29, 1.82) is 0 Å². The molecule has 2 bridgehead atoms. The monoisotopic (exact) mass is 284 g/mol. The summed E-state index contributed by atoms with van der Waals surface area (Å²) >= 11 is 0. The van der Waals surface area contributed by atoms with E-state index in [1.165, 1.54) is 37.3 Å². The molecule has 2 atom stereocenters. The molecule has 0 amide bonds. The van der Waals surface area contributed by atoms with Crippen molar-refractivity contribution in [2.45, 2.75) is 51.7 Å². The van der Waals surface area contributed by atoms with Crippen LogP contribution in [0.25, 0.3) is 5.65 Å². The molecule has 1 saturated heterocycles. The Bertz CT molecular complexity index is 645. The van der Waals surface area contributed by atoms with E-state index in [0.29, 0.717) is 6.04 Å². The van der Waals surface area contributed by atoms with Crippen molar-refractivity contribution >= 4 is 11.5 Å². The lowest BCUT2D eigenvalue weighted by molar-refractivity contribution is 0.544. The van der Waals surface area contributed by atoms with Gasteiger partial charge in [-0.2, -0.15) is 0 Å². The van der Waals surface area contributed by atoms with Crippen LogP contribution in [0.3, 0.4) is 0 Å². The molecule has 0 aromatic carbocycles. The van der Waals surface area contributed by atoms with Crippen LogP contribution in [-0.4, -0.2) is 28.0 Å². The van der Waals surface area contributed by atoms with Crippen LogP contribution in [0, 0.1) is 5.92 Å². The number of nitrogens with zero attached hydrogens (tertiary/aromatic N) is 3. The Labute approximate surface area is 126 Å². The molecule has 2 aromatic rings. The third-order valence-electron chi connectivity index (χ3n) is 4.97. The van der Waals surface area contributed by atoms with Gasteiger partial charge in [0.15, 0.2) is 5.82 Å². The first-order valence-electron chi connectivity index (χ1n) is 8.18. The molecule has 21 heavy (non-hydrogen) atoms. The maximum Gasteiger partial charge on any atom is 0.152 e. The van der Waals surface area contributed by atoms with Gasteiger partial charge in [0.25, 0.3) is 0 Å². The summed E-state index contributed by atoms with van der Waals surface area (Å²) in [5.41, 5.74) is 2.38. The summed E-state index contributed by atoms with van der Waals surface area (Å²) in [5.74, 6) is 2.10. The Balaban J connectivity index is 1.74. The smallest absolute Gasteiger partial charge is 0.152 e. The molecule has 1 aliphatic carbocycles. The predicted molar refractivity (Wildman–Crippen MR) is 85.6 cm³/mol. The van der Waals surface area contributed by atoms with E-state index in [-0.39, 0.29) is 0 Å². The normalized spacial score (nSPS) is 24.6. The Morgan fingerprint density at radius 3 is 2.95 bits per heavy atom. The van der Waals surface area contributed by atoms with Gasteiger partial charge in [0.1, 0.15) is 5.65 Å².